The van der Waals surface area contributed by atoms with E-state index in [0.717, 1.165) is 18.6 Å². The number of carbonyl (C=O) groups excluding carboxylic acids is 1. The number of fused-ring (bicyclic) bond motifs is 1. The number of nitrogens with zero attached hydrogens (tertiary/aromatic N) is 3. The number of nitrogens with one attached hydrogen (secondary N) is 1. The van der Waals surface area contributed by atoms with Gasteiger partial charge in [0.05, 0.1) is 28.9 Å². The topological polar surface area (TPSA) is 110 Å². The molecule has 2 aliphatic rings. The van der Waals surface area contributed by atoms with E-state index in [1.54, 1.807) is 32.0 Å². The lowest BCUT2D eigenvalue weighted by Crippen LogP contribution is -2.54. The van der Waals surface area contributed by atoms with Gasteiger partial charge in [-0.1, -0.05) is 13.3 Å². The molecule has 2 atom stereocenters. The van der Waals surface area contributed by atoms with Gasteiger partial charge < -0.3 is 10.1 Å². The second kappa shape index (κ2) is 8.73. The van der Waals surface area contributed by atoms with Crippen molar-refractivity contribution >= 4 is 27.6 Å². The predicted octanol–water partition coefficient (Wildman–Crippen LogP) is 1.91. The van der Waals surface area contributed by atoms with Gasteiger partial charge in [-0.2, -0.15) is 13.5 Å². The Morgan fingerprint density at radius 3 is 2.63 bits per heavy atom. The van der Waals surface area contributed by atoms with Crippen LogP contribution in [-0.2, 0) is 19.1 Å². The molecule has 3 rings (SSSR count). The Balaban J connectivity index is 2.08. The first kappa shape index (κ1) is 22.2. The number of hydrazone groups is 1. The number of ether oxygens (including phenoxy) is 1. The highest BCUT2D eigenvalue weighted by atomic mass is 32.2. The molecule has 0 saturated heterocycles. The van der Waals surface area contributed by atoms with Crippen LogP contribution in [0.15, 0.2) is 33.2 Å². The van der Waals surface area contributed by atoms with Gasteiger partial charge in [-0.25, -0.2) is 0 Å². The first-order valence-electron chi connectivity index (χ1n) is 10.1. The van der Waals surface area contributed by atoms with Crippen LogP contribution in [0.3, 0.4) is 0 Å². The average molecular weight is 437 g/mol. The van der Waals surface area contributed by atoms with Crippen molar-refractivity contribution in [3.63, 3.8) is 0 Å². The van der Waals surface area contributed by atoms with Crippen LogP contribution >= 0.6 is 0 Å². The maximum atomic E-state index is 12.8. The average Bonchev–Trinajstić information content (AvgIpc) is 2.97. The molecule has 2 aliphatic heterocycles. The third-order valence-corrected chi connectivity index (χ3v) is 6.20. The first-order valence-corrected chi connectivity index (χ1v) is 11.5. The van der Waals surface area contributed by atoms with E-state index in [-0.39, 0.29) is 16.6 Å². The summed E-state index contributed by atoms with van der Waals surface area (Å²) in [7, 11) is -2.21. The summed E-state index contributed by atoms with van der Waals surface area (Å²) >= 11 is 0. The van der Waals surface area contributed by atoms with Crippen LogP contribution in [0, 0.1) is 0 Å². The summed E-state index contributed by atoms with van der Waals surface area (Å²) in [5.74, 6) is 0.459. The Labute approximate surface area is 177 Å². The van der Waals surface area contributed by atoms with Crippen LogP contribution in [-0.4, -0.2) is 62.7 Å². The van der Waals surface area contributed by atoms with Crippen molar-refractivity contribution in [2.24, 2.45) is 10.1 Å². The molecule has 2 heterocycles. The van der Waals surface area contributed by atoms with E-state index in [0.29, 0.717) is 17.9 Å². The van der Waals surface area contributed by atoms with Gasteiger partial charge in [0.25, 0.3) is 16.0 Å². The highest BCUT2D eigenvalue weighted by Gasteiger charge is 2.43. The van der Waals surface area contributed by atoms with Gasteiger partial charge in [0.1, 0.15) is 17.6 Å². The predicted molar refractivity (Wildman–Crippen MR) is 113 cm³/mol. The normalized spacial score (nSPS) is 21.3. The molecule has 0 aromatic heterocycles. The zero-order valence-electron chi connectivity index (χ0n) is 17.9. The fourth-order valence-electron chi connectivity index (χ4n) is 3.56. The number of aliphatic imine (C=N–C) groups is 1. The molecule has 0 bridgehead atoms. The number of hydrogen-bond donors (Lipinski definition) is 1. The Kier molecular flexibility index (Phi) is 6.47. The third-order valence-electron chi connectivity index (χ3n) is 4.73. The van der Waals surface area contributed by atoms with Gasteiger partial charge >= 0.3 is 0 Å². The van der Waals surface area contributed by atoms with Gasteiger partial charge in [-0.15, -0.1) is 0 Å². The van der Waals surface area contributed by atoms with Gasteiger partial charge in [-0.3, -0.25) is 19.0 Å². The van der Waals surface area contributed by atoms with Crippen LogP contribution in [0.2, 0.25) is 0 Å². The summed E-state index contributed by atoms with van der Waals surface area (Å²) in [6, 6.07) is 3.48. The van der Waals surface area contributed by atoms with Gasteiger partial charge in [0.2, 0.25) is 0 Å². The van der Waals surface area contributed by atoms with Crippen LogP contribution in [0.4, 0.5) is 0 Å². The largest absolute Gasteiger partial charge is 0.493 e. The molecule has 0 fully saturated rings. The van der Waals surface area contributed by atoms with E-state index in [1.165, 1.54) is 12.1 Å². The molecular weight excluding hydrogens is 408 g/mol. The van der Waals surface area contributed by atoms with Crippen LogP contribution in [0.25, 0.3) is 0 Å². The highest BCUT2D eigenvalue weighted by molar-refractivity contribution is 7.86. The molecule has 0 saturated carbocycles. The summed E-state index contributed by atoms with van der Waals surface area (Å²) in [4.78, 5) is 17.5. The van der Waals surface area contributed by atoms with E-state index in [1.807, 2.05) is 13.8 Å². The SMILES string of the molecule is CCCC1=NN(C)C2C(=O)NC(c3cc(S(=O)(=O)OC(C)C)ccc3OCC)=NC12. The maximum absolute atomic E-state index is 12.8. The minimum Gasteiger partial charge on any atom is -0.493 e. The molecule has 30 heavy (non-hydrogen) atoms. The van der Waals surface area contributed by atoms with Crippen molar-refractivity contribution in [3.05, 3.63) is 23.8 Å². The van der Waals surface area contributed by atoms with Crippen molar-refractivity contribution in [2.75, 3.05) is 13.7 Å². The standard InChI is InChI=1S/C20H28N4O5S/c1-6-8-15-17-18(24(5)23-15)20(25)22-19(21-17)14-11-13(9-10-16(14)28-7-2)30(26,27)29-12(3)4/h9-12,17-18H,6-8H2,1-5H3,(H,21,22,25). The third kappa shape index (κ3) is 4.34. The van der Waals surface area contributed by atoms with E-state index < -0.39 is 28.3 Å². The molecule has 9 nitrogen and oxygen atoms in total. The van der Waals surface area contributed by atoms with Gasteiger partial charge in [0, 0.05) is 7.05 Å². The smallest absolute Gasteiger partial charge is 0.297 e. The van der Waals surface area contributed by atoms with Gasteiger partial charge in [-0.05, 0) is 45.4 Å². The Hall–Kier alpha value is -2.46. The van der Waals surface area contributed by atoms with Crippen molar-refractivity contribution in [1.82, 2.24) is 10.3 Å². The van der Waals surface area contributed by atoms with E-state index in [2.05, 4.69) is 10.4 Å². The second-order valence-electron chi connectivity index (χ2n) is 7.46. The summed E-state index contributed by atoms with van der Waals surface area (Å²) in [5, 5.41) is 8.91. The maximum Gasteiger partial charge on any atom is 0.297 e. The molecule has 2 unspecified atom stereocenters. The van der Waals surface area contributed by atoms with Crippen molar-refractivity contribution in [3.8, 4) is 5.75 Å². The summed E-state index contributed by atoms with van der Waals surface area (Å²) in [6.07, 6.45) is 1.11. The van der Waals surface area contributed by atoms with Crippen molar-refractivity contribution in [2.45, 2.75) is 63.6 Å². The quantitative estimate of drug-likeness (QED) is 0.624. The van der Waals surface area contributed by atoms with E-state index in [9.17, 15) is 13.2 Å². The number of hydrogen-bond acceptors (Lipinski definition) is 8. The molecule has 0 spiro atoms. The molecule has 10 heteroatoms. The lowest BCUT2D eigenvalue weighted by atomic mass is 9.98. The van der Waals surface area contributed by atoms with Crippen LogP contribution in [0.5, 0.6) is 5.75 Å². The minimum absolute atomic E-state index is 0.0280. The Morgan fingerprint density at radius 2 is 2.00 bits per heavy atom. The van der Waals surface area contributed by atoms with Gasteiger partial charge in [0.15, 0.2) is 6.04 Å². The number of likely N-dealkylation sites (N-methyl/N-ethyl adjacent to an activating group) is 1. The van der Waals surface area contributed by atoms with Crippen LogP contribution in [0.1, 0.15) is 46.1 Å². The Bertz CT molecular complexity index is 987. The molecule has 1 aromatic rings. The number of benzene rings is 1. The summed E-state index contributed by atoms with van der Waals surface area (Å²) in [6.45, 7) is 7.53. The number of rotatable bonds is 8. The fourth-order valence-corrected chi connectivity index (χ4v) is 4.68. The molecule has 1 amide bonds. The van der Waals surface area contributed by atoms with Crippen molar-refractivity contribution < 1.29 is 22.1 Å². The zero-order chi connectivity index (χ0) is 22.1. The first-order chi connectivity index (χ1) is 14.2. The lowest BCUT2D eigenvalue weighted by molar-refractivity contribution is -0.124. The zero-order valence-corrected chi connectivity index (χ0v) is 18.7. The number of carbonyl (C=O) groups is 1. The Morgan fingerprint density at radius 1 is 1.27 bits per heavy atom. The molecule has 1 aromatic carbocycles. The lowest BCUT2D eigenvalue weighted by Gasteiger charge is -2.28. The summed E-state index contributed by atoms with van der Waals surface area (Å²) in [5.41, 5.74) is 1.23. The minimum atomic E-state index is -3.97. The molecule has 0 radical (unpaired) electrons. The van der Waals surface area contributed by atoms with E-state index >= 15 is 0 Å². The molecule has 164 valence electrons. The molecular formula is C20H28N4O5S. The van der Waals surface area contributed by atoms with Crippen molar-refractivity contribution in [1.29, 1.82) is 0 Å². The van der Waals surface area contributed by atoms with Crippen LogP contribution < -0.4 is 10.1 Å². The molecule has 1 N–H and O–H groups in total. The number of amides is 1. The number of amidine groups is 1. The summed E-state index contributed by atoms with van der Waals surface area (Å²) < 4.78 is 35.9. The second-order valence-corrected chi connectivity index (χ2v) is 9.03. The molecule has 0 aliphatic carbocycles. The highest BCUT2D eigenvalue weighted by Crippen LogP contribution is 2.29. The van der Waals surface area contributed by atoms with E-state index in [4.69, 9.17) is 13.9 Å². The fraction of sp³-hybridized carbons (Fsp3) is 0.550. The monoisotopic (exact) mass is 436 g/mol.